The Hall–Kier alpha value is -0.0700. The van der Waals surface area contributed by atoms with Gasteiger partial charge >= 0.3 is 6.18 Å². The monoisotopic (exact) mass is 392 g/mol. The van der Waals surface area contributed by atoms with E-state index < -0.39 is 22.4 Å². The molecule has 1 rings (SSSR count). The summed E-state index contributed by atoms with van der Waals surface area (Å²) in [6, 6.07) is 3.10. The SMILES string of the molecule is O=C(c1ccc(Cl)cc1C(F)(F)F)C(Br)CBr. The van der Waals surface area contributed by atoms with Crippen molar-refractivity contribution in [2.45, 2.75) is 11.0 Å². The second-order valence-electron chi connectivity index (χ2n) is 3.17. The molecule has 1 nitrogen and oxygen atoms in total. The van der Waals surface area contributed by atoms with Crippen LogP contribution >= 0.6 is 43.5 Å². The van der Waals surface area contributed by atoms with E-state index in [4.69, 9.17) is 11.6 Å². The number of hydrogen-bond acceptors (Lipinski definition) is 1. The van der Waals surface area contributed by atoms with Gasteiger partial charge in [-0.05, 0) is 18.2 Å². The smallest absolute Gasteiger partial charge is 0.293 e. The number of halogens is 6. The summed E-state index contributed by atoms with van der Waals surface area (Å²) in [6.07, 6.45) is -4.60. The molecule has 94 valence electrons. The number of alkyl halides is 5. The van der Waals surface area contributed by atoms with Crippen LogP contribution in [-0.4, -0.2) is 15.9 Å². The van der Waals surface area contributed by atoms with Crippen LogP contribution in [0.4, 0.5) is 13.2 Å². The molecule has 1 atom stereocenters. The summed E-state index contributed by atoms with van der Waals surface area (Å²) in [4.78, 5) is 11.0. The van der Waals surface area contributed by atoms with Crippen LogP contribution < -0.4 is 0 Å². The van der Waals surface area contributed by atoms with Crippen LogP contribution in [-0.2, 0) is 6.18 Å². The van der Waals surface area contributed by atoms with Crippen molar-refractivity contribution in [1.29, 1.82) is 0 Å². The Labute approximate surface area is 118 Å². The summed E-state index contributed by atoms with van der Waals surface area (Å²) in [6.45, 7) is 0. The minimum Gasteiger partial charge on any atom is -0.293 e. The van der Waals surface area contributed by atoms with Gasteiger partial charge in [-0.25, -0.2) is 0 Å². The molecule has 1 aromatic rings. The summed E-state index contributed by atoms with van der Waals surface area (Å²) in [5.41, 5.74) is -1.40. The lowest BCUT2D eigenvalue weighted by molar-refractivity contribution is -0.137. The number of hydrogen-bond donors (Lipinski definition) is 0. The Morgan fingerprint density at radius 1 is 1.41 bits per heavy atom. The van der Waals surface area contributed by atoms with Crippen molar-refractivity contribution >= 4 is 49.2 Å². The van der Waals surface area contributed by atoms with Gasteiger partial charge in [-0.2, -0.15) is 13.2 Å². The van der Waals surface area contributed by atoms with Crippen molar-refractivity contribution < 1.29 is 18.0 Å². The molecule has 0 aliphatic heterocycles. The van der Waals surface area contributed by atoms with Crippen LogP contribution in [0.3, 0.4) is 0 Å². The van der Waals surface area contributed by atoms with E-state index in [9.17, 15) is 18.0 Å². The minimum absolute atomic E-state index is 0.0566. The topological polar surface area (TPSA) is 17.1 Å². The standard InChI is InChI=1S/C10H6Br2ClF3O/c11-4-8(12)9(17)6-2-1-5(13)3-7(6)10(14,15)16/h1-3,8H,4H2. The zero-order valence-corrected chi connectivity index (χ0v) is 12.1. The summed E-state index contributed by atoms with van der Waals surface area (Å²) < 4.78 is 38.2. The van der Waals surface area contributed by atoms with Crippen LogP contribution in [0, 0.1) is 0 Å². The van der Waals surface area contributed by atoms with E-state index in [1.165, 1.54) is 6.07 Å². The highest BCUT2D eigenvalue weighted by molar-refractivity contribution is 9.12. The Bertz CT molecular complexity index is 434. The van der Waals surface area contributed by atoms with Gasteiger partial charge < -0.3 is 0 Å². The summed E-state index contributed by atoms with van der Waals surface area (Å²) in [5.74, 6) is -0.633. The van der Waals surface area contributed by atoms with Gasteiger partial charge in [0.1, 0.15) is 0 Å². The fourth-order valence-electron chi connectivity index (χ4n) is 1.20. The van der Waals surface area contributed by atoms with Crippen molar-refractivity contribution in [3.05, 3.63) is 34.3 Å². The number of carbonyl (C=O) groups is 1. The number of rotatable bonds is 3. The summed E-state index contributed by atoms with van der Waals surface area (Å²) >= 11 is 11.5. The maximum absolute atomic E-state index is 12.7. The van der Waals surface area contributed by atoms with E-state index in [0.717, 1.165) is 12.1 Å². The van der Waals surface area contributed by atoms with E-state index >= 15 is 0 Å². The molecule has 17 heavy (non-hydrogen) atoms. The first-order valence-electron chi connectivity index (χ1n) is 4.38. The molecule has 0 amide bonds. The molecule has 0 heterocycles. The van der Waals surface area contributed by atoms with Gasteiger partial charge in [0.2, 0.25) is 0 Å². The van der Waals surface area contributed by atoms with Gasteiger partial charge in [0, 0.05) is 15.9 Å². The van der Waals surface area contributed by atoms with Gasteiger partial charge in [0.15, 0.2) is 5.78 Å². The molecule has 0 radical (unpaired) electrons. The van der Waals surface area contributed by atoms with E-state index in [0.29, 0.717) is 0 Å². The van der Waals surface area contributed by atoms with Crippen LogP contribution in [0.2, 0.25) is 5.02 Å². The molecule has 0 aromatic heterocycles. The predicted octanol–water partition coefficient (Wildman–Crippen LogP) is 4.70. The van der Waals surface area contributed by atoms with Gasteiger partial charge in [0.05, 0.1) is 10.4 Å². The maximum atomic E-state index is 12.7. The van der Waals surface area contributed by atoms with E-state index in [1.54, 1.807) is 0 Å². The summed E-state index contributed by atoms with van der Waals surface area (Å²) in [7, 11) is 0. The highest BCUT2D eigenvalue weighted by Gasteiger charge is 2.36. The molecule has 0 fully saturated rings. The first-order valence-corrected chi connectivity index (χ1v) is 6.80. The molecule has 0 saturated carbocycles. The fourth-order valence-corrected chi connectivity index (χ4v) is 1.92. The average molecular weight is 394 g/mol. The molecular weight excluding hydrogens is 388 g/mol. The third-order valence-corrected chi connectivity index (χ3v) is 4.46. The Kier molecular flexibility index (Phi) is 5.04. The Morgan fingerprint density at radius 3 is 2.47 bits per heavy atom. The molecule has 0 bridgehead atoms. The molecule has 0 aliphatic carbocycles. The Balaban J connectivity index is 3.29. The third kappa shape index (κ3) is 3.69. The second kappa shape index (κ2) is 5.71. The van der Waals surface area contributed by atoms with Gasteiger partial charge in [-0.3, -0.25) is 4.79 Å². The molecule has 1 aromatic carbocycles. The first-order chi connectivity index (χ1) is 7.77. The second-order valence-corrected chi connectivity index (χ2v) is 5.36. The van der Waals surface area contributed by atoms with Gasteiger partial charge in [-0.15, -0.1) is 0 Å². The van der Waals surface area contributed by atoms with Crippen molar-refractivity contribution in [3.63, 3.8) is 0 Å². The van der Waals surface area contributed by atoms with Crippen LogP contribution in [0.1, 0.15) is 15.9 Å². The van der Waals surface area contributed by atoms with Crippen LogP contribution in [0.15, 0.2) is 18.2 Å². The van der Waals surface area contributed by atoms with E-state index in [-0.39, 0.29) is 15.9 Å². The summed E-state index contributed by atoms with van der Waals surface area (Å²) in [5, 5.41) is 0.171. The first kappa shape index (κ1) is 15.0. The minimum atomic E-state index is -4.60. The predicted molar refractivity (Wildman–Crippen MR) is 67.3 cm³/mol. The third-order valence-electron chi connectivity index (χ3n) is 1.97. The Morgan fingerprint density at radius 2 is 2.00 bits per heavy atom. The molecular formula is C10H6Br2ClF3O. The number of ketones is 1. The van der Waals surface area contributed by atoms with Crippen LogP contribution in [0.5, 0.6) is 0 Å². The van der Waals surface area contributed by atoms with E-state index in [2.05, 4.69) is 31.9 Å². The molecule has 0 saturated heterocycles. The van der Waals surface area contributed by atoms with Gasteiger partial charge in [-0.1, -0.05) is 43.5 Å². The lowest BCUT2D eigenvalue weighted by Gasteiger charge is -2.14. The molecule has 7 heteroatoms. The quantitative estimate of drug-likeness (QED) is 0.537. The van der Waals surface area contributed by atoms with Crippen molar-refractivity contribution in [2.75, 3.05) is 5.33 Å². The molecule has 0 aliphatic rings. The van der Waals surface area contributed by atoms with E-state index in [1.807, 2.05) is 0 Å². The molecule has 1 unspecified atom stereocenters. The van der Waals surface area contributed by atoms with Gasteiger partial charge in [0.25, 0.3) is 0 Å². The van der Waals surface area contributed by atoms with Crippen molar-refractivity contribution in [3.8, 4) is 0 Å². The highest BCUT2D eigenvalue weighted by Crippen LogP contribution is 2.34. The lowest BCUT2D eigenvalue weighted by Crippen LogP contribution is -2.20. The number of carbonyl (C=O) groups excluding carboxylic acids is 1. The highest BCUT2D eigenvalue weighted by atomic mass is 79.9. The zero-order valence-electron chi connectivity index (χ0n) is 8.19. The largest absolute Gasteiger partial charge is 0.417 e. The fraction of sp³-hybridized carbons (Fsp3) is 0.300. The zero-order chi connectivity index (χ0) is 13.2. The maximum Gasteiger partial charge on any atom is 0.417 e. The van der Waals surface area contributed by atoms with Crippen LogP contribution in [0.25, 0.3) is 0 Å². The number of Topliss-reactive ketones (excluding diaryl/α,β-unsaturated/α-hetero) is 1. The molecule has 0 N–H and O–H groups in total. The average Bonchev–Trinajstić information content (AvgIpc) is 2.25. The lowest BCUT2D eigenvalue weighted by atomic mass is 10.0. The van der Waals surface area contributed by atoms with Crippen molar-refractivity contribution in [2.24, 2.45) is 0 Å². The number of benzene rings is 1. The molecule has 0 spiro atoms. The normalized spacial score (nSPS) is 13.5. The van der Waals surface area contributed by atoms with Crippen molar-refractivity contribution in [1.82, 2.24) is 0 Å².